The van der Waals surface area contributed by atoms with Crippen molar-refractivity contribution in [1.29, 1.82) is 0 Å². The average Bonchev–Trinajstić information content (AvgIpc) is 3.43. The molecule has 2 amide bonds. The monoisotopic (exact) mass is 453 g/mol. The maximum atomic E-state index is 14.8. The lowest BCUT2D eigenvalue weighted by Crippen LogP contribution is -2.59. The van der Waals surface area contributed by atoms with Crippen LogP contribution in [0.15, 0.2) is 36.7 Å². The molecule has 9 heteroatoms. The molecule has 1 saturated carbocycles. The first-order valence-electron chi connectivity index (χ1n) is 11.0. The smallest absolute Gasteiger partial charge is 0.245 e. The van der Waals surface area contributed by atoms with Crippen molar-refractivity contribution in [2.24, 2.45) is 5.73 Å². The first kappa shape index (κ1) is 22.7. The van der Waals surface area contributed by atoms with E-state index in [1.165, 1.54) is 12.1 Å². The van der Waals surface area contributed by atoms with Crippen LogP contribution in [0.2, 0.25) is 0 Å². The summed E-state index contributed by atoms with van der Waals surface area (Å²) in [4.78, 5) is 32.3. The van der Waals surface area contributed by atoms with Gasteiger partial charge < -0.3 is 26.1 Å². The fraction of sp³-hybridized carbons (Fsp3) is 0.375. The second-order valence-corrected chi connectivity index (χ2v) is 8.54. The van der Waals surface area contributed by atoms with E-state index in [9.17, 15) is 14.0 Å². The Bertz CT molecular complexity index is 1190. The van der Waals surface area contributed by atoms with Crippen molar-refractivity contribution in [3.05, 3.63) is 53.6 Å². The van der Waals surface area contributed by atoms with Crippen LogP contribution in [0.3, 0.4) is 0 Å². The van der Waals surface area contributed by atoms with Crippen LogP contribution < -0.4 is 21.1 Å². The van der Waals surface area contributed by atoms with Gasteiger partial charge in [0.05, 0.1) is 11.4 Å². The molecule has 33 heavy (non-hydrogen) atoms. The van der Waals surface area contributed by atoms with Crippen LogP contribution >= 0.6 is 0 Å². The summed E-state index contributed by atoms with van der Waals surface area (Å²) in [7, 11) is 1.55. The Morgan fingerprint density at radius 2 is 2.03 bits per heavy atom. The summed E-state index contributed by atoms with van der Waals surface area (Å²) in [6, 6.07) is 5.28. The van der Waals surface area contributed by atoms with Crippen LogP contribution in [-0.2, 0) is 16.0 Å². The van der Waals surface area contributed by atoms with E-state index in [1.54, 1.807) is 25.4 Å². The molecule has 1 fully saturated rings. The summed E-state index contributed by atoms with van der Waals surface area (Å²) in [5, 5.41) is 6.25. The summed E-state index contributed by atoms with van der Waals surface area (Å²) in [6.45, 7) is 1.92. The van der Waals surface area contributed by atoms with Gasteiger partial charge in [0, 0.05) is 19.4 Å². The normalized spacial score (nSPS) is 15.9. The van der Waals surface area contributed by atoms with Crippen molar-refractivity contribution >= 4 is 22.8 Å². The number of benzene rings is 1. The maximum Gasteiger partial charge on any atom is 0.245 e. The number of H-pyrrole nitrogens is 1. The van der Waals surface area contributed by atoms with E-state index < -0.39 is 23.3 Å². The van der Waals surface area contributed by atoms with E-state index in [0.717, 1.165) is 23.8 Å². The first-order chi connectivity index (χ1) is 15.8. The number of nitrogens with one attached hydrogen (secondary N) is 3. The third-order valence-corrected chi connectivity index (χ3v) is 6.22. The molecule has 0 spiro atoms. The van der Waals surface area contributed by atoms with Crippen LogP contribution in [0, 0.1) is 12.7 Å². The standard InChI is InChI=1S/C24H28FN5O3/c1-14-13-29-21-20(14)19(7-10-28-21)33-18-6-5-15(11-16(18)25)12-17(26)22(31)30-24(23(32)27-2)8-3-4-9-24/h5-7,10-11,13,17H,3-4,8-9,12,26H2,1-2H3,(H,27,32)(H,28,29)(H,30,31). The molecule has 3 aromatic rings. The predicted molar refractivity (Wildman–Crippen MR) is 122 cm³/mol. The van der Waals surface area contributed by atoms with Gasteiger partial charge in [-0.1, -0.05) is 18.9 Å². The Morgan fingerprint density at radius 3 is 2.73 bits per heavy atom. The molecule has 1 unspecified atom stereocenters. The molecule has 1 atom stereocenters. The van der Waals surface area contributed by atoms with Crippen molar-refractivity contribution in [2.45, 2.75) is 50.6 Å². The molecular weight excluding hydrogens is 425 g/mol. The molecule has 2 aromatic heterocycles. The second kappa shape index (κ2) is 9.19. The Balaban J connectivity index is 1.45. The van der Waals surface area contributed by atoms with Crippen molar-refractivity contribution in [3.63, 3.8) is 0 Å². The summed E-state index contributed by atoms with van der Waals surface area (Å²) < 4.78 is 20.6. The highest BCUT2D eigenvalue weighted by Gasteiger charge is 2.42. The number of aromatic nitrogens is 2. The first-order valence-corrected chi connectivity index (χ1v) is 11.0. The average molecular weight is 454 g/mol. The Hall–Kier alpha value is -3.46. The van der Waals surface area contributed by atoms with Crippen molar-refractivity contribution in [3.8, 4) is 11.5 Å². The molecule has 0 aliphatic heterocycles. The minimum atomic E-state index is -0.918. The highest BCUT2D eigenvalue weighted by molar-refractivity contribution is 5.93. The second-order valence-electron chi connectivity index (χ2n) is 8.54. The van der Waals surface area contributed by atoms with Gasteiger partial charge in [0.25, 0.3) is 0 Å². The van der Waals surface area contributed by atoms with E-state index in [2.05, 4.69) is 20.6 Å². The molecule has 0 bridgehead atoms. The largest absolute Gasteiger partial charge is 0.453 e. The van der Waals surface area contributed by atoms with E-state index in [-0.39, 0.29) is 18.1 Å². The number of ether oxygens (including phenoxy) is 1. The Kier molecular flexibility index (Phi) is 6.33. The lowest BCUT2D eigenvalue weighted by molar-refractivity contribution is -0.133. The number of rotatable bonds is 7. The Morgan fingerprint density at radius 1 is 1.27 bits per heavy atom. The van der Waals surface area contributed by atoms with Gasteiger partial charge in [0.15, 0.2) is 11.6 Å². The predicted octanol–water partition coefficient (Wildman–Crippen LogP) is 2.85. The lowest BCUT2D eigenvalue weighted by atomic mass is 9.95. The number of aryl methyl sites for hydroxylation is 1. The molecule has 0 radical (unpaired) electrons. The molecule has 4 rings (SSSR count). The third-order valence-electron chi connectivity index (χ3n) is 6.22. The van der Waals surface area contributed by atoms with E-state index >= 15 is 0 Å². The number of pyridine rings is 1. The quantitative estimate of drug-likeness (QED) is 0.438. The molecule has 174 valence electrons. The van der Waals surface area contributed by atoms with Crippen molar-refractivity contribution in [1.82, 2.24) is 20.6 Å². The zero-order chi connectivity index (χ0) is 23.6. The van der Waals surface area contributed by atoms with Gasteiger partial charge >= 0.3 is 0 Å². The van der Waals surface area contributed by atoms with Gasteiger partial charge in [-0.25, -0.2) is 9.37 Å². The lowest BCUT2D eigenvalue weighted by Gasteiger charge is -2.29. The summed E-state index contributed by atoms with van der Waals surface area (Å²) in [6.07, 6.45) is 6.42. The number of hydrogen-bond donors (Lipinski definition) is 4. The van der Waals surface area contributed by atoms with Crippen LogP contribution in [-0.4, -0.2) is 40.4 Å². The number of fused-ring (bicyclic) bond motifs is 1. The number of likely N-dealkylation sites (N-methyl/N-ethyl adjacent to an activating group) is 1. The number of halogens is 1. The van der Waals surface area contributed by atoms with E-state index in [1.807, 2.05) is 13.1 Å². The van der Waals surface area contributed by atoms with Gasteiger partial charge in [0.1, 0.15) is 16.9 Å². The SMILES string of the molecule is CNC(=O)C1(NC(=O)C(N)Cc2ccc(Oc3ccnc4[nH]cc(C)c34)c(F)c2)CCCC1. The van der Waals surface area contributed by atoms with Crippen molar-refractivity contribution < 1.29 is 18.7 Å². The third kappa shape index (κ3) is 4.54. The highest BCUT2D eigenvalue weighted by Crippen LogP contribution is 2.33. The summed E-state index contributed by atoms with van der Waals surface area (Å²) in [5.41, 5.74) is 7.34. The maximum absolute atomic E-state index is 14.8. The number of carbonyl (C=O) groups excluding carboxylic acids is 2. The Labute approximate surface area is 191 Å². The summed E-state index contributed by atoms with van der Waals surface area (Å²) in [5.74, 6) is -0.637. The molecular formula is C24H28FN5O3. The number of aromatic amines is 1. The van der Waals surface area contributed by atoms with E-state index in [0.29, 0.717) is 29.8 Å². The topological polar surface area (TPSA) is 122 Å². The van der Waals surface area contributed by atoms with Gasteiger partial charge in [-0.05, 0) is 55.5 Å². The minimum absolute atomic E-state index is 0.0643. The molecule has 1 aliphatic carbocycles. The number of amides is 2. The number of hydrogen-bond acceptors (Lipinski definition) is 5. The molecule has 1 aromatic carbocycles. The fourth-order valence-electron chi connectivity index (χ4n) is 4.44. The van der Waals surface area contributed by atoms with Crippen LogP contribution in [0.4, 0.5) is 4.39 Å². The van der Waals surface area contributed by atoms with Gasteiger partial charge in [-0.15, -0.1) is 0 Å². The van der Waals surface area contributed by atoms with Crippen LogP contribution in [0.5, 0.6) is 11.5 Å². The van der Waals surface area contributed by atoms with E-state index in [4.69, 9.17) is 10.5 Å². The molecule has 0 saturated heterocycles. The van der Waals surface area contributed by atoms with Gasteiger partial charge in [-0.3, -0.25) is 9.59 Å². The molecule has 5 N–H and O–H groups in total. The fourth-order valence-corrected chi connectivity index (χ4v) is 4.44. The summed E-state index contributed by atoms with van der Waals surface area (Å²) >= 11 is 0. The number of carbonyl (C=O) groups is 2. The zero-order valence-electron chi connectivity index (χ0n) is 18.7. The molecule has 1 aliphatic rings. The number of nitrogens with zero attached hydrogens (tertiary/aromatic N) is 1. The van der Waals surface area contributed by atoms with Gasteiger partial charge in [-0.2, -0.15) is 0 Å². The molecule has 2 heterocycles. The van der Waals surface area contributed by atoms with Crippen LogP contribution in [0.1, 0.15) is 36.8 Å². The molecule has 8 nitrogen and oxygen atoms in total. The van der Waals surface area contributed by atoms with Gasteiger partial charge in [0.2, 0.25) is 11.8 Å². The minimum Gasteiger partial charge on any atom is -0.453 e. The van der Waals surface area contributed by atoms with Crippen molar-refractivity contribution in [2.75, 3.05) is 7.05 Å². The number of nitrogens with two attached hydrogens (primary N) is 1. The zero-order valence-corrected chi connectivity index (χ0v) is 18.7. The highest BCUT2D eigenvalue weighted by atomic mass is 19.1. The van der Waals surface area contributed by atoms with Crippen LogP contribution in [0.25, 0.3) is 11.0 Å².